The van der Waals surface area contributed by atoms with Gasteiger partial charge in [0.2, 0.25) is 0 Å². The van der Waals surface area contributed by atoms with Crippen LogP contribution in [0.1, 0.15) is 122 Å². The number of carboxylic acid groups (broad SMARTS) is 1. The first kappa shape index (κ1) is 31.6. The number of hydrogen-bond donors (Lipinski definition) is 5. The molecule has 0 saturated heterocycles. The smallest absolute Gasteiger partial charge is 0.309 e. The fourth-order valence-corrected chi connectivity index (χ4v) is 5.96. The van der Waals surface area contributed by atoms with Crippen LogP contribution >= 0.6 is 0 Å². The van der Waals surface area contributed by atoms with Gasteiger partial charge >= 0.3 is 5.97 Å². The minimum Gasteiger partial charge on any atom is -0.508 e. The molecule has 0 aliphatic heterocycles. The van der Waals surface area contributed by atoms with Crippen molar-refractivity contribution in [2.45, 2.75) is 140 Å². The van der Waals surface area contributed by atoms with Gasteiger partial charge in [-0.1, -0.05) is 76.8 Å². The van der Waals surface area contributed by atoms with Crippen molar-refractivity contribution < 1.29 is 30.3 Å². The Hall–Kier alpha value is -1.63. The fraction of sp³-hybridized carbons (Fsp3) is 0.774. The van der Waals surface area contributed by atoms with Crippen molar-refractivity contribution in [1.82, 2.24) is 0 Å². The highest BCUT2D eigenvalue weighted by molar-refractivity contribution is 5.70. The zero-order valence-corrected chi connectivity index (χ0v) is 23.0. The van der Waals surface area contributed by atoms with Crippen molar-refractivity contribution >= 4 is 5.97 Å². The number of aromatic hydroxyl groups is 1. The first-order chi connectivity index (χ1) is 17.7. The second-order valence-corrected chi connectivity index (χ2v) is 11.6. The standard InChI is InChI=1S/C31H52O6/c1-2-3-4-5-8-13-26(32)14-9-6-7-10-16-28(30(35)36)29(34)18-20-31(37)19-17-25(23-31)21-24-12-11-15-27(33)22-24/h11-12,15,22,25-26,28-29,32-34,37H,2-10,13-14,16-21,23H2,1H3,(H,35,36)/t25-,26-,28-,29+,31-/m0/s1. The van der Waals surface area contributed by atoms with Crippen molar-refractivity contribution in [2.24, 2.45) is 11.8 Å². The van der Waals surface area contributed by atoms with Crippen molar-refractivity contribution in [1.29, 1.82) is 0 Å². The van der Waals surface area contributed by atoms with Crippen molar-refractivity contribution in [3.05, 3.63) is 29.8 Å². The van der Waals surface area contributed by atoms with Crippen LogP contribution in [0.5, 0.6) is 5.75 Å². The number of aliphatic carboxylic acids is 1. The number of carboxylic acids is 1. The van der Waals surface area contributed by atoms with E-state index in [0.29, 0.717) is 31.6 Å². The van der Waals surface area contributed by atoms with E-state index in [1.165, 1.54) is 25.7 Å². The third kappa shape index (κ3) is 12.6. The van der Waals surface area contributed by atoms with Gasteiger partial charge in [0.1, 0.15) is 5.75 Å². The molecule has 0 aromatic heterocycles. The van der Waals surface area contributed by atoms with Crippen LogP contribution in [0.2, 0.25) is 0 Å². The number of rotatable bonds is 20. The summed E-state index contributed by atoms with van der Waals surface area (Å²) in [7, 11) is 0. The Morgan fingerprint density at radius 3 is 2.24 bits per heavy atom. The summed E-state index contributed by atoms with van der Waals surface area (Å²) in [5.74, 6) is -1.20. The monoisotopic (exact) mass is 520 g/mol. The second-order valence-electron chi connectivity index (χ2n) is 11.6. The fourth-order valence-electron chi connectivity index (χ4n) is 5.96. The molecule has 1 aromatic rings. The average molecular weight is 521 g/mol. The molecule has 6 heteroatoms. The Labute approximate surface area is 224 Å². The number of benzene rings is 1. The molecule has 0 heterocycles. The lowest BCUT2D eigenvalue weighted by Gasteiger charge is -2.26. The Morgan fingerprint density at radius 1 is 0.973 bits per heavy atom. The minimum absolute atomic E-state index is 0.226. The predicted octanol–water partition coefficient (Wildman–Crippen LogP) is 6.37. The molecule has 0 spiro atoms. The van der Waals surface area contributed by atoms with Crippen LogP contribution in [-0.2, 0) is 11.2 Å². The second kappa shape index (κ2) is 17.1. The van der Waals surface area contributed by atoms with E-state index in [2.05, 4.69) is 6.92 Å². The lowest BCUT2D eigenvalue weighted by Crippen LogP contribution is -2.32. The van der Waals surface area contributed by atoms with E-state index in [1.54, 1.807) is 12.1 Å². The molecule has 5 atom stereocenters. The molecule has 2 rings (SSSR count). The maximum Gasteiger partial charge on any atom is 0.309 e. The molecule has 0 amide bonds. The summed E-state index contributed by atoms with van der Waals surface area (Å²) in [4.78, 5) is 11.8. The molecule has 6 nitrogen and oxygen atoms in total. The van der Waals surface area contributed by atoms with Gasteiger partial charge in [0, 0.05) is 0 Å². The quantitative estimate of drug-likeness (QED) is 0.128. The van der Waals surface area contributed by atoms with E-state index in [0.717, 1.165) is 63.4 Å². The van der Waals surface area contributed by atoms with E-state index >= 15 is 0 Å². The molecule has 1 fully saturated rings. The SMILES string of the molecule is CCCCCCC[C@H](O)CCCCCC[C@H](C(=O)O)[C@H](O)CC[C@@]1(O)CC[C@@H](Cc2cccc(O)c2)C1. The summed E-state index contributed by atoms with van der Waals surface area (Å²) in [6, 6.07) is 7.22. The van der Waals surface area contributed by atoms with Crippen LogP contribution in [0.25, 0.3) is 0 Å². The van der Waals surface area contributed by atoms with Gasteiger partial charge in [0.25, 0.3) is 0 Å². The molecular weight excluding hydrogens is 468 g/mol. The maximum atomic E-state index is 11.8. The van der Waals surface area contributed by atoms with Gasteiger partial charge in [-0.25, -0.2) is 0 Å². The van der Waals surface area contributed by atoms with Crippen LogP contribution in [0.15, 0.2) is 24.3 Å². The molecule has 0 unspecified atom stereocenters. The summed E-state index contributed by atoms with van der Waals surface area (Å²) < 4.78 is 0. The molecule has 5 N–H and O–H groups in total. The number of unbranched alkanes of at least 4 members (excludes halogenated alkanes) is 7. The maximum absolute atomic E-state index is 11.8. The average Bonchev–Trinajstić information content (AvgIpc) is 3.22. The first-order valence-electron chi connectivity index (χ1n) is 14.8. The normalized spacial score (nSPS) is 22.1. The Bertz CT molecular complexity index is 768. The predicted molar refractivity (Wildman–Crippen MR) is 148 cm³/mol. The number of aliphatic hydroxyl groups excluding tert-OH is 2. The molecule has 212 valence electrons. The highest BCUT2D eigenvalue weighted by Gasteiger charge is 2.38. The van der Waals surface area contributed by atoms with E-state index in [4.69, 9.17) is 0 Å². The number of carbonyl (C=O) groups is 1. The van der Waals surface area contributed by atoms with Crippen LogP contribution in [0.3, 0.4) is 0 Å². The van der Waals surface area contributed by atoms with E-state index in [9.17, 15) is 30.3 Å². The van der Waals surface area contributed by atoms with E-state index in [-0.39, 0.29) is 18.3 Å². The highest BCUT2D eigenvalue weighted by Crippen LogP contribution is 2.40. The van der Waals surface area contributed by atoms with Crippen LogP contribution in [0, 0.1) is 11.8 Å². The summed E-state index contributed by atoms with van der Waals surface area (Å²) in [6.45, 7) is 2.20. The van der Waals surface area contributed by atoms with Gasteiger partial charge in [0.05, 0.1) is 23.7 Å². The highest BCUT2D eigenvalue weighted by atomic mass is 16.4. The number of phenols is 1. The zero-order valence-electron chi connectivity index (χ0n) is 23.0. The molecule has 1 aliphatic carbocycles. The molecular formula is C31H52O6. The van der Waals surface area contributed by atoms with E-state index < -0.39 is 23.6 Å². The molecule has 0 radical (unpaired) electrons. The van der Waals surface area contributed by atoms with Crippen LogP contribution < -0.4 is 0 Å². The van der Waals surface area contributed by atoms with E-state index in [1.807, 2.05) is 12.1 Å². The van der Waals surface area contributed by atoms with Gasteiger partial charge in [-0.05, 0) is 81.4 Å². The number of hydrogen-bond acceptors (Lipinski definition) is 5. The van der Waals surface area contributed by atoms with Gasteiger partial charge in [-0.3, -0.25) is 4.79 Å². The van der Waals surface area contributed by atoms with Gasteiger partial charge in [0.15, 0.2) is 0 Å². The van der Waals surface area contributed by atoms with Crippen molar-refractivity contribution in [3.63, 3.8) is 0 Å². The lowest BCUT2D eigenvalue weighted by molar-refractivity contribution is -0.146. The molecule has 0 bridgehead atoms. The summed E-state index contributed by atoms with van der Waals surface area (Å²) >= 11 is 0. The topological polar surface area (TPSA) is 118 Å². The first-order valence-corrected chi connectivity index (χ1v) is 14.8. The summed E-state index contributed by atoms with van der Waals surface area (Å²) in [5, 5.41) is 51.2. The molecule has 1 aliphatic rings. The van der Waals surface area contributed by atoms with Crippen molar-refractivity contribution in [2.75, 3.05) is 0 Å². The van der Waals surface area contributed by atoms with Crippen LogP contribution in [0.4, 0.5) is 0 Å². The third-order valence-corrected chi connectivity index (χ3v) is 8.25. The number of aliphatic hydroxyl groups is 3. The van der Waals surface area contributed by atoms with Gasteiger partial charge < -0.3 is 25.5 Å². The Kier molecular flexibility index (Phi) is 14.6. The lowest BCUT2D eigenvalue weighted by atomic mass is 9.86. The molecule has 37 heavy (non-hydrogen) atoms. The van der Waals surface area contributed by atoms with Crippen LogP contribution in [-0.4, -0.2) is 49.3 Å². The number of phenolic OH excluding ortho intramolecular Hbond substituents is 1. The van der Waals surface area contributed by atoms with Gasteiger partial charge in [-0.15, -0.1) is 0 Å². The Morgan fingerprint density at radius 2 is 1.62 bits per heavy atom. The zero-order chi connectivity index (χ0) is 27.1. The molecule has 1 aromatic carbocycles. The van der Waals surface area contributed by atoms with Gasteiger partial charge in [-0.2, -0.15) is 0 Å². The van der Waals surface area contributed by atoms with Crippen molar-refractivity contribution in [3.8, 4) is 5.75 Å². The summed E-state index contributed by atoms with van der Waals surface area (Å²) in [6.07, 6.45) is 14.2. The largest absolute Gasteiger partial charge is 0.508 e. The molecule has 1 saturated carbocycles. The summed E-state index contributed by atoms with van der Waals surface area (Å²) in [5.41, 5.74) is 0.194. The third-order valence-electron chi connectivity index (χ3n) is 8.25. The minimum atomic E-state index is -0.967. The Balaban J connectivity index is 1.62.